The van der Waals surface area contributed by atoms with E-state index < -0.39 is 49.1 Å². The summed E-state index contributed by atoms with van der Waals surface area (Å²) >= 11 is 1.49. The van der Waals surface area contributed by atoms with Gasteiger partial charge in [0.05, 0.1) is 40.8 Å². The number of ether oxygens (including phenoxy) is 1. The molecule has 5 unspecified atom stereocenters. The van der Waals surface area contributed by atoms with Crippen LogP contribution in [0.2, 0.25) is 0 Å². The number of aliphatic hydroxyl groups is 4. The Kier molecular flexibility index (Phi) is 6.31. The maximum absolute atomic E-state index is 14.3. The molecule has 2 aliphatic rings. The molecule has 2 aliphatic heterocycles. The number of hydrogen-bond acceptors (Lipinski definition) is 10. The molecule has 0 saturated carbocycles. The molecule has 3 aromatic heterocycles. The number of nitrogens with zero attached hydrogens (tertiary/aromatic N) is 2. The molecule has 0 radical (unpaired) electrons. The normalized spacial score (nSPS) is 23.8. The number of aliphatic hydroxyl groups excluding tert-OH is 4. The number of H-pyrrole nitrogens is 1. The number of aromatic nitrogens is 2. The zero-order valence-electron chi connectivity index (χ0n) is 23.8. The lowest BCUT2D eigenvalue weighted by Gasteiger charge is -2.41. The fourth-order valence-electron chi connectivity index (χ4n) is 6.81. The smallest absolute Gasteiger partial charge is 0.276 e. The van der Waals surface area contributed by atoms with Crippen molar-refractivity contribution in [2.75, 3.05) is 6.61 Å². The minimum atomic E-state index is -1.68. The third kappa shape index (κ3) is 3.93. The average molecular weight is 629 g/mol. The Balaban J connectivity index is 1.49. The molecule has 45 heavy (non-hydrogen) atoms. The summed E-state index contributed by atoms with van der Waals surface area (Å²) in [6, 6.07) is 14.0. The van der Waals surface area contributed by atoms with E-state index in [1.807, 2.05) is 42.6 Å². The minimum Gasteiger partial charge on any atom is -0.508 e. The molecule has 0 spiro atoms. The van der Waals surface area contributed by atoms with Crippen LogP contribution in [0.5, 0.6) is 5.75 Å². The molecule has 3 aromatic carbocycles. The Labute approximate surface area is 258 Å². The van der Waals surface area contributed by atoms with Gasteiger partial charge in [0, 0.05) is 38.0 Å². The molecule has 0 bridgehead atoms. The van der Waals surface area contributed by atoms with Gasteiger partial charge in [-0.1, -0.05) is 18.2 Å². The maximum Gasteiger partial charge on any atom is 0.276 e. The van der Waals surface area contributed by atoms with Gasteiger partial charge in [-0.25, -0.2) is 10.4 Å². The summed E-state index contributed by atoms with van der Waals surface area (Å²) in [5.41, 5.74) is 6.20. The van der Waals surface area contributed by atoms with Gasteiger partial charge >= 0.3 is 0 Å². The van der Waals surface area contributed by atoms with Gasteiger partial charge < -0.3 is 39.8 Å². The second-order valence-corrected chi connectivity index (χ2v) is 12.6. The van der Waals surface area contributed by atoms with E-state index in [0.717, 1.165) is 15.4 Å². The van der Waals surface area contributed by atoms with E-state index in [1.165, 1.54) is 23.5 Å². The highest BCUT2D eigenvalue weighted by Gasteiger charge is 2.47. The van der Waals surface area contributed by atoms with Crippen molar-refractivity contribution in [1.29, 1.82) is 0 Å². The van der Waals surface area contributed by atoms with Crippen LogP contribution in [0.15, 0.2) is 53.9 Å². The van der Waals surface area contributed by atoms with E-state index in [2.05, 4.69) is 10.4 Å². The number of amides is 2. The molecule has 1 fully saturated rings. The lowest BCUT2D eigenvalue weighted by atomic mass is 9.96. The quantitative estimate of drug-likeness (QED) is 0.141. The van der Waals surface area contributed by atoms with Crippen molar-refractivity contribution < 1.29 is 39.9 Å². The summed E-state index contributed by atoms with van der Waals surface area (Å²) in [6.07, 6.45) is -7.52. The first-order chi connectivity index (χ1) is 21.7. The summed E-state index contributed by atoms with van der Waals surface area (Å²) < 4.78 is 7.58. The summed E-state index contributed by atoms with van der Waals surface area (Å²) in [5, 5.41) is 58.1. The highest BCUT2D eigenvalue weighted by atomic mass is 32.1. The molecule has 5 atom stereocenters. The summed E-state index contributed by atoms with van der Waals surface area (Å²) in [7, 11) is 0. The van der Waals surface area contributed by atoms with Crippen LogP contribution >= 0.6 is 11.3 Å². The molecular weight excluding hydrogens is 600 g/mol. The third-order valence-electron chi connectivity index (χ3n) is 8.88. The number of aryl methyl sites for hydroxylation is 1. The van der Waals surface area contributed by atoms with Gasteiger partial charge in [-0.15, -0.1) is 11.3 Å². The Bertz CT molecular complexity index is 2190. The lowest BCUT2D eigenvalue weighted by molar-refractivity contribution is -0.249. The molecular formula is C32H28N4O8S. The van der Waals surface area contributed by atoms with E-state index in [9.17, 15) is 35.1 Å². The number of phenols is 1. The van der Waals surface area contributed by atoms with Gasteiger partial charge in [0.2, 0.25) is 0 Å². The van der Waals surface area contributed by atoms with Crippen LogP contribution in [0.1, 0.15) is 37.4 Å². The number of hydrogen-bond donors (Lipinski definition) is 7. The van der Waals surface area contributed by atoms with Crippen molar-refractivity contribution in [3.63, 3.8) is 0 Å². The van der Waals surface area contributed by atoms with Crippen LogP contribution < -0.4 is 5.43 Å². The molecule has 12 nitrogen and oxygen atoms in total. The SMILES string of the molecule is Cc1ccc2c(c1)[nH]c1c2c2c(c3c4ccc(O)cc4n(C4OC(CO)C(O)C(O)C4O)c13)C(=O)N(NCc1cccs1)C2=O. The third-order valence-corrected chi connectivity index (χ3v) is 9.75. The van der Waals surface area contributed by atoms with E-state index >= 15 is 0 Å². The number of carbonyl (C=O) groups is 2. The Hall–Kier alpha value is -4.34. The number of imide groups is 1. The highest BCUT2D eigenvalue weighted by molar-refractivity contribution is 7.09. The molecule has 5 heterocycles. The van der Waals surface area contributed by atoms with E-state index in [1.54, 1.807) is 10.6 Å². The fraction of sp³-hybridized carbons (Fsp3) is 0.250. The number of hydrazine groups is 1. The van der Waals surface area contributed by atoms with Crippen LogP contribution in [0.25, 0.3) is 43.6 Å². The van der Waals surface area contributed by atoms with Crippen LogP contribution in [0, 0.1) is 6.92 Å². The summed E-state index contributed by atoms with van der Waals surface area (Å²) in [5.74, 6) is -1.20. The number of thiophene rings is 1. The average Bonchev–Trinajstić information content (AvgIpc) is 3.79. The molecule has 6 aromatic rings. The lowest BCUT2D eigenvalue weighted by Crippen LogP contribution is -2.56. The Morgan fingerprint density at radius 3 is 2.44 bits per heavy atom. The van der Waals surface area contributed by atoms with Gasteiger partial charge in [-0.05, 0) is 42.1 Å². The molecule has 2 amide bonds. The van der Waals surface area contributed by atoms with Crippen molar-refractivity contribution in [1.82, 2.24) is 20.0 Å². The number of nitrogens with one attached hydrogen (secondary N) is 2. The monoisotopic (exact) mass is 628 g/mol. The van der Waals surface area contributed by atoms with Gasteiger partial charge in [0.15, 0.2) is 6.23 Å². The molecule has 1 saturated heterocycles. The number of aromatic amines is 1. The number of phenolic OH excluding ortho intramolecular Hbond substituents is 1. The standard InChI is InChI=1S/C32H28N4O8S/c1-13-4-6-16-18(9-13)34-25-21(16)23-24(31(43)36(30(23)42)33-11-15-3-2-8-45-15)22-17-7-5-14(38)10-19(17)35(26(22)25)32-29(41)28(40)27(39)20(12-37)44-32/h2-10,20,27-29,32-34,37-41H,11-12H2,1H3. The Morgan fingerprint density at radius 1 is 0.956 bits per heavy atom. The first-order valence-corrected chi connectivity index (χ1v) is 15.3. The Morgan fingerprint density at radius 2 is 1.71 bits per heavy atom. The van der Waals surface area contributed by atoms with Crippen LogP contribution in [0.4, 0.5) is 0 Å². The largest absolute Gasteiger partial charge is 0.508 e. The molecule has 230 valence electrons. The first kappa shape index (κ1) is 28.2. The van der Waals surface area contributed by atoms with Crippen molar-refractivity contribution in [3.05, 3.63) is 75.5 Å². The fourth-order valence-corrected chi connectivity index (χ4v) is 7.45. The van der Waals surface area contributed by atoms with E-state index in [4.69, 9.17) is 4.74 Å². The number of aromatic hydroxyl groups is 1. The predicted molar refractivity (Wildman–Crippen MR) is 166 cm³/mol. The zero-order chi connectivity index (χ0) is 31.3. The van der Waals surface area contributed by atoms with E-state index in [-0.39, 0.29) is 23.4 Å². The molecule has 8 rings (SSSR count). The van der Waals surface area contributed by atoms with Gasteiger partial charge in [-0.2, -0.15) is 0 Å². The van der Waals surface area contributed by atoms with Gasteiger partial charge in [0.25, 0.3) is 11.8 Å². The number of rotatable bonds is 5. The van der Waals surface area contributed by atoms with Crippen LogP contribution in [-0.2, 0) is 11.3 Å². The predicted octanol–water partition coefficient (Wildman–Crippen LogP) is 2.78. The van der Waals surface area contributed by atoms with Crippen LogP contribution in [0.3, 0.4) is 0 Å². The number of carbonyl (C=O) groups excluding carboxylic acids is 2. The van der Waals surface area contributed by atoms with Crippen molar-refractivity contribution in [2.24, 2.45) is 0 Å². The molecule has 7 N–H and O–H groups in total. The van der Waals surface area contributed by atoms with Crippen molar-refractivity contribution in [2.45, 2.75) is 44.1 Å². The summed E-state index contributed by atoms with van der Waals surface area (Å²) in [6.45, 7) is 1.55. The first-order valence-electron chi connectivity index (χ1n) is 14.4. The van der Waals surface area contributed by atoms with Crippen molar-refractivity contribution in [3.8, 4) is 5.75 Å². The minimum absolute atomic E-state index is 0.113. The number of benzene rings is 3. The second kappa shape index (κ2) is 10.1. The van der Waals surface area contributed by atoms with Gasteiger partial charge in [-0.3, -0.25) is 9.59 Å². The molecule has 0 aliphatic carbocycles. The maximum atomic E-state index is 14.3. The number of fused-ring (bicyclic) bond motifs is 10. The zero-order valence-corrected chi connectivity index (χ0v) is 24.6. The second-order valence-electron chi connectivity index (χ2n) is 11.5. The topological polar surface area (TPSA) is 181 Å². The van der Waals surface area contributed by atoms with E-state index in [0.29, 0.717) is 43.6 Å². The molecule has 13 heteroatoms. The van der Waals surface area contributed by atoms with Crippen molar-refractivity contribution >= 4 is 66.8 Å². The summed E-state index contributed by atoms with van der Waals surface area (Å²) in [4.78, 5) is 32.8. The highest BCUT2D eigenvalue weighted by Crippen LogP contribution is 2.47. The van der Waals surface area contributed by atoms with Gasteiger partial charge in [0.1, 0.15) is 30.2 Å². The van der Waals surface area contributed by atoms with Crippen LogP contribution in [-0.4, -0.2) is 82.9 Å².